The van der Waals surface area contributed by atoms with Crippen molar-refractivity contribution in [3.05, 3.63) is 76.4 Å². The lowest BCUT2D eigenvalue weighted by Gasteiger charge is -2.37. The molecule has 0 saturated heterocycles. The van der Waals surface area contributed by atoms with Gasteiger partial charge in [-0.2, -0.15) is 5.26 Å². The number of hydrogen-bond acceptors (Lipinski definition) is 7. The summed E-state index contributed by atoms with van der Waals surface area (Å²) in [5.41, 5.74) is 8.88. The predicted molar refractivity (Wildman–Crippen MR) is 139 cm³/mol. The summed E-state index contributed by atoms with van der Waals surface area (Å²) in [6.07, 6.45) is 0.888. The molecule has 0 spiro atoms. The van der Waals surface area contributed by atoms with Crippen molar-refractivity contribution in [3.8, 4) is 17.6 Å². The summed E-state index contributed by atoms with van der Waals surface area (Å²) in [6.45, 7) is 7.92. The number of carbonyl (C=O) groups is 2. The van der Waals surface area contributed by atoms with Gasteiger partial charge in [0, 0.05) is 24.1 Å². The molecule has 1 aliphatic carbocycles. The first kappa shape index (κ1) is 25.8. The van der Waals surface area contributed by atoms with Crippen LogP contribution in [0.25, 0.3) is 0 Å². The Balaban J connectivity index is 1.62. The van der Waals surface area contributed by atoms with Crippen LogP contribution in [0.3, 0.4) is 0 Å². The number of Topliss-reactive ketones (excluding diaryl/α,β-unsaturated/α-hetero) is 1. The van der Waals surface area contributed by atoms with Crippen molar-refractivity contribution in [1.82, 2.24) is 0 Å². The highest BCUT2D eigenvalue weighted by Crippen LogP contribution is 2.48. The van der Waals surface area contributed by atoms with E-state index >= 15 is 0 Å². The zero-order valence-corrected chi connectivity index (χ0v) is 21.5. The third kappa shape index (κ3) is 5.61. The molecule has 2 aromatic carbocycles. The fourth-order valence-electron chi connectivity index (χ4n) is 4.77. The van der Waals surface area contributed by atoms with Crippen molar-refractivity contribution >= 4 is 17.4 Å². The zero-order valence-electron chi connectivity index (χ0n) is 21.5. The number of benzene rings is 2. The number of allylic oxidation sites excluding steroid dienone is 3. The standard InChI is InChI=1S/C29H31N3O5/c1-5-35-23-12-18(9-10-22(23)36-16-25(34)32-19-8-6-7-17(2)11-19)26-20(15-30)28(31)37-24-14-29(3,4)13-21(33)27(24)26/h6-12,26H,5,13-14,16,31H2,1-4H3,(H,32,34). The fraction of sp³-hybridized carbons (Fsp3) is 0.345. The molecule has 4 rings (SSSR count). The van der Waals surface area contributed by atoms with Crippen LogP contribution < -0.4 is 20.5 Å². The van der Waals surface area contributed by atoms with Gasteiger partial charge >= 0.3 is 0 Å². The molecule has 1 unspecified atom stereocenters. The number of amides is 1. The largest absolute Gasteiger partial charge is 0.490 e. The lowest BCUT2D eigenvalue weighted by atomic mass is 9.70. The van der Waals surface area contributed by atoms with Gasteiger partial charge in [-0.05, 0) is 54.7 Å². The second kappa shape index (κ2) is 10.4. The van der Waals surface area contributed by atoms with Gasteiger partial charge in [-0.15, -0.1) is 0 Å². The lowest BCUT2D eigenvalue weighted by Crippen LogP contribution is -2.33. The average Bonchev–Trinajstić information content (AvgIpc) is 2.82. The third-order valence-corrected chi connectivity index (χ3v) is 6.34. The maximum Gasteiger partial charge on any atom is 0.262 e. The molecule has 1 atom stereocenters. The van der Waals surface area contributed by atoms with Gasteiger partial charge in [0.05, 0.1) is 12.5 Å². The molecule has 0 saturated carbocycles. The van der Waals surface area contributed by atoms with Gasteiger partial charge < -0.3 is 25.3 Å². The van der Waals surface area contributed by atoms with Gasteiger partial charge in [0.2, 0.25) is 5.88 Å². The number of nitrogens with zero attached hydrogens (tertiary/aromatic N) is 1. The summed E-state index contributed by atoms with van der Waals surface area (Å²) in [5.74, 6) is 0.234. The average molecular weight is 502 g/mol. The number of ketones is 1. The predicted octanol–water partition coefficient (Wildman–Crippen LogP) is 4.86. The Morgan fingerprint density at radius 3 is 2.68 bits per heavy atom. The molecule has 1 amide bonds. The second-order valence-corrected chi connectivity index (χ2v) is 10.0. The summed E-state index contributed by atoms with van der Waals surface area (Å²) in [6, 6.07) is 14.8. The number of rotatable bonds is 7. The van der Waals surface area contributed by atoms with Crippen molar-refractivity contribution in [1.29, 1.82) is 5.26 Å². The number of nitrogens with two attached hydrogens (primary N) is 1. The van der Waals surface area contributed by atoms with Crippen molar-refractivity contribution in [3.63, 3.8) is 0 Å². The molecule has 3 N–H and O–H groups in total. The van der Waals surface area contributed by atoms with E-state index in [-0.39, 0.29) is 35.2 Å². The molecule has 0 radical (unpaired) electrons. The van der Waals surface area contributed by atoms with E-state index in [0.717, 1.165) is 5.56 Å². The van der Waals surface area contributed by atoms with E-state index in [1.54, 1.807) is 18.2 Å². The van der Waals surface area contributed by atoms with E-state index in [2.05, 4.69) is 11.4 Å². The summed E-state index contributed by atoms with van der Waals surface area (Å²) in [5, 5.41) is 12.7. The highest BCUT2D eigenvalue weighted by atomic mass is 16.5. The lowest BCUT2D eigenvalue weighted by molar-refractivity contribution is -0.119. The first-order chi connectivity index (χ1) is 17.6. The van der Waals surface area contributed by atoms with Gasteiger partial charge in [-0.3, -0.25) is 9.59 Å². The van der Waals surface area contributed by atoms with E-state index in [0.29, 0.717) is 53.5 Å². The van der Waals surface area contributed by atoms with Gasteiger partial charge in [0.15, 0.2) is 23.9 Å². The maximum absolute atomic E-state index is 13.2. The van der Waals surface area contributed by atoms with Gasteiger partial charge in [0.25, 0.3) is 5.91 Å². The molecule has 2 aliphatic rings. The quantitative estimate of drug-likeness (QED) is 0.555. The molecule has 0 bridgehead atoms. The number of nitriles is 1. The van der Waals surface area contributed by atoms with E-state index in [9.17, 15) is 14.9 Å². The van der Waals surface area contributed by atoms with Gasteiger partial charge in [0.1, 0.15) is 17.4 Å². The molecule has 1 heterocycles. The topological polar surface area (TPSA) is 124 Å². The maximum atomic E-state index is 13.2. The molecule has 2 aromatic rings. The minimum absolute atomic E-state index is 0.00264. The van der Waals surface area contributed by atoms with E-state index in [4.69, 9.17) is 19.9 Å². The van der Waals surface area contributed by atoms with Gasteiger partial charge in [-0.1, -0.05) is 32.0 Å². The summed E-state index contributed by atoms with van der Waals surface area (Å²) in [4.78, 5) is 25.7. The molecule has 1 aliphatic heterocycles. The molecule has 0 aromatic heterocycles. The Kier molecular flexibility index (Phi) is 7.25. The van der Waals surface area contributed by atoms with Crippen LogP contribution in [0.1, 0.15) is 50.7 Å². The Bertz CT molecular complexity index is 1350. The van der Waals surface area contributed by atoms with Crippen LogP contribution in [-0.2, 0) is 14.3 Å². The second-order valence-electron chi connectivity index (χ2n) is 10.0. The van der Waals surface area contributed by atoms with Crippen LogP contribution in [0.5, 0.6) is 11.5 Å². The van der Waals surface area contributed by atoms with Crippen LogP contribution in [0, 0.1) is 23.7 Å². The number of hydrogen-bond donors (Lipinski definition) is 2. The Morgan fingerprint density at radius 1 is 1.19 bits per heavy atom. The number of nitrogens with one attached hydrogen (secondary N) is 1. The molecular weight excluding hydrogens is 470 g/mol. The van der Waals surface area contributed by atoms with Crippen LogP contribution in [0.2, 0.25) is 0 Å². The Hall–Kier alpha value is -4.25. The molecule has 8 nitrogen and oxygen atoms in total. The van der Waals surface area contributed by atoms with E-state index in [1.165, 1.54) is 0 Å². The van der Waals surface area contributed by atoms with Crippen LogP contribution >= 0.6 is 0 Å². The molecule has 192 valence electrons. The van der Waals surface area contributed by atoms with Crippen LogP contribution in [0.4, 0.5) is 5.69 Å². The first-order valence-corrected chi connectivity index (χ1v) is 12.2. The highest BCUT2D eigenvalue weighted by Gasteiger charge is 2.43. The van der Waals surface area contributed by atoms with Crippen LogP contribution in [-0.4, -0.2) is 24.9 Å². The van der Waals surface area contributed by atoms with E-state index < -0.39 is 5.92 Å². The number of aryl methyl sites for hydroxylation is 1. The molecule has 0 fully saturated rings. The highest BCUT2D eigenvalue weighted by molar-refractivity contribution is 6.00. The van der Waals surface area contributed by atoms with Crippen molar-refractivity contribution in [2.24, 2.45) is 11.1 Å². The molecule has 8 heteroatoms. The summed E-state index contributed by atoms with van der Waals surface area (Å²) < 4.78 is 17.4. The van der Waals surface area contributed by atoms with Crippen molar-refractivity contribution in [2.45, 2.75) is 46.5 Å². The molecule has 37 heavy (non-hydrogen) atoms. The SMILES string of the molecule is CCOc1cc(C2C(C#N)=C(N)OC3=C2C(=O)CC(C)(C)C3)ccc1OCC(=O)Nc1cccc(C)c1. The van der Waals surface area contributed by atoms with Crippen LogP contribution in [0.15, 0.2) is 65.3 Å². The minimum atomic E-state index is -0.671. The smallest absolute Gasteiger partial charge is 0.262 e. The van der Waals surface area contributed by atoms with Crippen molar-refractivity contribution in [2.75, 3.05) is 18.5 Å². The van der Waals surface area contributed by atoms with Gasteiger partial charge in [-0.25, -0.2) is 0 Å². The fourth-order valence-corrected chi connectivity index (χ4v) is 4.77. The monoisotopic (exact) mass is 501 g/mol. The normalized spacial score (nSPS) is 18.5. The number of ether oxygens (including phenoxy) is 3. The Labute approximate surface area is 216 Å². The third-order valence-electron chi connectivity index (χ3n) is 6.34. The first-order valence-electron chi connectivity index (χ1n) is 12.2. The molecular formula is C29H31N3O5. The number of anilines is 1. The Morgan fingerprint density at radius 2 is 1.97 bits per heavy atom. The minimum Gasteiger partial charge on any atom is -0.490 e. The summed E-state index contributed by atoms with van der Waals surface area (Å²) in [7, 11) is 0. The number of carbonyl (C=O) groups excluding carboxylic acids is 2. The van der Waals surface area contributed by atoms with E-state index in [1.807, 2.05) is 52.0 Å². The van der Waals surface area contributed by atoms with Crippen molar-refractivity contribution < 1.29 is 23.8 Å². The summed E-state index contributed by atoms with van der Waals surface area (Å²) >= 11 is 0. The zero-order chi connectivity index (χ0) is 26.7.